The quantitative estimate of drug-likeness (QED) is 0.287. The average molecular weight is 597 g/mol. The van der Waals surface area contributed by atoms with E-state index < -0.39 is 17.7 Å². The van der Waals surface area contributed by atoms with E-state index in [4.69, 9.17) is 34.8 Å². The van der Waals surface area contributed by atoms with Gasteiger partial charge in [0.2, 0.25) is 0 Å². The first-order valence-electron chi connectivity index (χ1n) is 11.8. The monoisotopic (exact) mass is 595 g/mol. The number of rotatable bonds is 6. The summed E-state index contributed by atoms with van der Waals surface area (Å²) in [6.45, 7) is 1.74. The number of anilines is 3. The Morgan fingerprint density at radius 1 is 0.800 bits per heavy atom. The van der Waals surface area contributed by atoms with E-state index in [0.717, 1.165) is 4.90 Å². The molecule has 0 fully saturated rings. The summed E-state index contributed by atoms with van der Waals surface area (Å²) in [4.78, 5) is 52.7. The molecule has 4 aromatic rings. The Kier molecular flexibility index (Phi) is 7.29. The average Bonchev–Trinajstić information content (AvgIpc) is 3.29. The van der Waals surface area contributed by atoms with Crippen LogP contribution in [0, 0.1) is 6.92 Å². The van der Waals surface area contributed by atoms with Gasteiger partial charge in [0.1, 0.15) is 16.4 Å². The number of imide groups is 1. The molecule has 12 heteroatoms. The number of hydrogen-bond acceptors (Lipinski definition) is 5. The van der Waals surface area contributed by atoms with E-state index in [0.29, 0.717) is 17.1 Å². The molecule has 0 saturated heterocycles. The molecule has 3 aromatic carbocycles. The topological polar surface area (TPSA) is 105 Å². The van der Waals surface area contributed by atoms with E-state index in [1.54, 1.807) is 42.9 Å². The Labute approximate surface area is 243 Å². The Hall–Kier alpha value is -4.31. The van der Waals surface area contributed by atoms with Crippen LogP contribution in [0.3, 0.4) is 0 Å². The molecule has 1 aromatic heterocycles. The van der Waals surface area contributed by atoms with Crippen molar-refractivity contribution in [3.63, 3.8) is 0 Å². The van der Waals surface area contributed by atoms with Gasteiger partial charge in [0.25, 0.3) is 23.3 Å². The summed E-state index contributed by atoms with van der Waals surface area (Å²) in [6, 6.07) is 19.5. The van der Waals surface area contributed by atoms with E-state index >= 15 is 0 Å². The molecular formula is C28H20Cl3N5O4. The van der Waals surface area contributed by atoms with E-state index in [1.807, 2.05) is 18.2 Å². The van der Waals surface area contributed by atoms with Crippen molar-refractivity contribution in [1.29, 1.82) is 0 Å². The normalized spacial score (nSPS) is 13.3. The third kappa shape index (κ3) is 4.79. The van der Waals surface area contributed by atoms with Crippen LogP contribution in [0.5, 0.6) is 0 Å². The van der Waals surface area contributed by atoms with Crippen LogP contribution in [0.1, 0.15) is 16.1 Å². The van der Waals surface area contributed by atoms with Crippen molar-refractivity contribution in [1.82, 2.24) is 9.36 Å². The summed E-state index contributed by atoms with van der Waals surface area (Å²) >= 11 is 18.2. The zero-order valence-corrected chi connectivity index (χ0v) is 23.3. The lowest BCUT2D eigenvalue weighted by molar-refractivity contribution is -0.120. The predicted octanol–water partition coefficient (Wildman–Crippen LogP) is 5.48. The number of nitrogens with one attached hydrogen (secondary N) is 2. The van der Waals surface area contributed by atoms with E-state index in [-0.39, 0.29) is 43.3 Å². The van der Waals surface area contributed by atoms with E-state index in [2.05, 4.69) is 10.6 Å². The zero-order chi connectivity index (χ0) is 28.7. The SMILES string of the molecule is Cc1c(NC(=O)c2ccc(NC3=C(Cl)C(=O)N(c4ccc(Cl)c(Cl)c4)C3=O)cc2)c(=O)n(-c2ccccc2)n1C. The second kappa shape index (κ2) is 10.7. The van der Waals surface area contributed by atoms with Crippen molar-refractivity contribution < 1.29 is 14.4 Å². The van der Waals surface area contributed by atoms with Gasteiger partial charge in [-0.15, -0.1) is 0 Å². The molecule has 0 bridgehead atoms. The summed E-state index contributed by atoms with van der Waals surface area (Å²) in [6.07, 6.45) is 0. The molecule has 0 spiro atoms. The molecule has 1 aliphatic rings. The molecule has 1 aliphatic heterocycles. The Morgan fingerprint density at radius 3 is 2.12 bits per heavy atom. The zero-order valence-electron chi connectivity index (χ0n) is 21.0. The molecule has 9 nitrogen and oxygen atoms in total. The van der Waals surface area contributed by atoms with E-state index in [1.165, 1.54) is 35.0 Å². The Balaban J connectivity index is 1.33. The van der Waals surface area contributed by atoms with Crippen LogP contribution in [0.15, 0.2) is 88.3 Å². The van der Waals surface area contributed by atoms with Gasteiger partial charge in [0, 0.05) is 18.3 Å². The summed E-state index contributed by atoms with van der Waals surface area (Å²) < 4.78 is 3.13. The largest absolute Gasteiger partial charge is 0.350 e. The molecule has 2 heterocycles. The maximum absolute atomic E-state index is 13.1. The van der Waals surface area contributed by atoms with Gasteiger partial charge in [0.05, 0.1) is 27.1 Å². The molecule has 0 unspecified atom stereocenters. The maximum Gasteiger partial charge on any atom is 0.295 e. The summed E-state index contributed by atoms with van der Waals surface area (Å²) in [5.41, 5.74) is 1.81. The maximum atomic E-state index is 13.1. The standard InChI is InChI=1S/C28H20Cl3N5O4/c1-15-23(28(40)36(34(15)2)18-6-4-3-5-7-18)33-25(37)16-8-10-17(11-9-16)32-24-22(31)26(38)35(27(24)39)19-12-13-20(29)21(30)14-19/h3-14,32H,1-2H3,(H,33,37). The van der Waals surface area contributed by atoms with Crippen LogP contribution in [0.2, 0.25) is 10.0 Å². The summed E-state index contributed by atoms with van der Waals surface area (Å²) in [5.74, 6) is -1.89. The van der Waals surface area contributed by atoms with Crippen LogP contribution in [-0.4, -0.2) is 27.1 Å². The first-order chi connectivity index (χ1) is 19.1. The van der Waals surface area contributed by atoms with Gasteiger partial charge in [-0.2, -0.15) is 0 Å². The van der Waals surface area contributed by atoms with Gasteiger partial charge in [-0.1, -0.05) is 53.0 Å². The fourth-order valence-electron chi connectivity index (χ4n) is 4.22. The number of para-hydroxylation sites is 1. The van der Waals surface area contributed by atoms with E-state index in [9.17, 15) is 19.2 Å². The summed E-state index contributed by atoms with van der Waals surface area (Å²) in [5, 5.41) is 5.70. The van der Waals surface area contributed by atoms with Crippen LogP contribution >= 0.6 is 34.8 Å². The highest BCUT2D eigenvalue weighted by atomic mass is 35.5. The number of amides is 3. The van der Waals surface area contributed by atoms with Gasteiger partial charge in [-0.3, -0.25) is 23.9 Å². The highest BCUT2D eigenvalue weighted by Crippen LogP contribution is 2.33. The molecule has 2 N–H and O–H groups in total. The fourth-order valence-corrected chi connectivity index (χ4v) is 4.72. The number of carbonyl (C=O) groups is 3. The number of aromatic nitrogens is 2. The van der Waals surface area contributed by atoms with Gasteiger partial charge < -0.3 is 10.6 Å². The van der Waals surface area contributed by atoms with Crippen molar-refractivity contribution >= 4 is 69.6 Å². The van der Waals surface area contributed by atoms with Gasteiger partial charge >= 0.3 is 0 Å². The van der Waals surface area contributed by atoms with Crippen molar-refractivity contribution in [2.75, 3.05) is 15.5 Å². The highest BCUT2D eigenvalue weighted by molar-refractivity contribution is 6.53. The minimum atomic E-state index is -0.719. The molecule has 40 heavy (non-hydrogen) atoms. The van der Waals surface area contributed by atoms with Crippen molar-refractivity contribution in [3.8, 4) is 5.69 Å². The molecule has 0 atom stereocenters. The summed E-state index contributed by atoms with van der Waals surface area (Å²) in [7, 11) is 1.73. The van der Waals surface area contributed by atoms with Gasteiger partial charge in [-0.05, 0) is 61.5 Å². The van der Waals surface area contributed by atoms with Crippen LogP contribution in [0.25, 0.3) is 5.69 Å². The van der Waals surface area contributed by atoms with Gasteiger partial charge in [-0.25, -0.2) is 9.58 Å². The molecular weight excluding hydrogens is 577 g/mol. The van der Waals surface area contributed by atoms with Gasteiger partial charge in [0.15, 0.2) is 0 Å². The Bertz CT molecular complexity index is 1780. The number of carbonyl (C=O) groups excluding carboxylic acids is 3. The second-order valence-corrected chi connectivity index (χ2v) is 10.0. The molecule has 0 radical (unpaired) electrons. The van der Waals surface area contributed by atoms with Crippen LogP contribution < -0.4 is 21.1 Å². The first-order valence-corrected chi connectivity index (χ1v) is 13.0. The highest BCUT2D eigenvalue weighted by Gasteiger charge is 2.39. The Morgan fingerprint density at radius 2 is 1.48 bits per heavy atom. The number of hydrogen-bond donors (Lipinski definition) is 2. The number of nitrogens with zero attached hydrogens (tertiary/aromatic N) is 3. The van der Waals surface area contributed by atoms with Crippen LogP contribution in [-0.2, 0) is 16.6 Å². The molecule has 0 saturated carbocycles. The third-order valence-corrected chi connectivity index (χ3v) is 7.49. The third-order valence-electron chi connectivity index (χ3n) is 6.40. The smallest absolute Gasteiger partial charge is 0.295 e. The lowest BCUT2D eigenvalue weighted by Gasteiger charge is -2.15. The first kappa shape index (κ1) is 27.3. The minimum absolute atomic E-state index is 0.128. The number of benzene rings is 3. The predicted molar refractivity (Wildman–Crippen MR) is 156 cm³/mol. The fraction of sp³-hybridized carbons (Fsp3) is 0.0714. The van der Waals surface area contributed by atoms with Crippen molar-refractivity contribution in [3.05, 3.63) is 115 Å². The minimum Gasteiger partial charge on any atom is -0.350 e. The van der Waals surface area contributed by atoms with Crippen molar-refractivity contribution in [2.24, 2.45) is 7.05 Å². The van der Waals surface area contributed by atoms with Crippen LogP contribution in [0.4, 0.5) is 17.1 Å². The molecule has 3 amide bonds. The number of halogens is 3. The second-order valence-electron chi connectivity index (χ2n) is 8.83. The van der Waals surface area contributed by atoms with Crippen molar-refractivity contribution in [2.45, 2.75) is 6.92 Å². The molecule has 5 rings (SSSR count). The molecule has 202 valence electrons. The lowest BCUT2D eigenvalue weighted by atomic mass is 10.2. The lowest BCUT2D eigenvalue weighted by Crippen LogP contribution is -2.32. The molecule has 0 aliphatic carbocycles.